The van der Waals surface area contributed by atoms with Crippen LogP contribution in [0.4, 0.5) is 11.4 Å². The van der Waals surface area contributed by atoms with Crippen molar-refractivity contribution in [3.8, 4) is 66.8 Å². The van der Waals surface area contributed by atoms with Crippen LogP contribution in [0.5, 0.6) is 0 Å². The van der Waals surface area contributed by atoms with E-state index in [1.165, 1.54) is 0 Å². The first-order valence-corrected chi connectivity index (χ1v) is 22.9. The van der Waals surface area contributed by atoms with Crippen LogP contribution >= 0.6 is 0 Å². The number of ether oxygens (including phenoxy) is 4. The van der Waals surface area contributed by atoms with Gasteiger partial charge in [0, 0.05) is 10.8 Å². The Morgan fingerprint density at radius 2 is 0.683 bits per heavy atom. The molecule has 0 saturated carbocycles. The molecule has 2 aliphatic heterocycles. The van der Waals surface area contributed by atoms with Gasteiger partial charge in [0.25, 0.3) is 0 Å². The topological polar surface area (TPSA) is 115 Å². The molecule has 0 bridgehead atoms. The molecule has 3 heterocycles. The van der Waals surface area contributed by atoms with Gasteiger partial charge in [-0.2, -0.15) is 0 Å². The molecular formula is C54H50N4O4Se. The van der Waals surface area contributed by atoms with Crippen molar-refractivity contribution in [3.05, 3.63) is 157 Å². The van der Waals surface area contributed by atoms with Gasteiger partial charge < -0.3 is 0 Å². The smallest absolute Gasteiger partial charge is 0.0574 e. The van der Waals surface area contributed by atoms with Gasteiger partial charge in [0.1, 0.15) is 0 Å². The van der Waals surface area contributed by atoms with E-state index < -0.39 is 0 Å². The monoisotopic (exact) mass is 898 g/mol. The second-order valence-corrected chi connectivity index (χ2v) is 19.6. The average Bonchev–Trinajstić information content (AvgIpc) is 3.80. The molecule has 0 spiro atoms. The molecule has 0 aliphatic carbocycles. The number of benzene rings is 7. The Bertz CT molecular complexity index is 2710. The molecule has 316 valence electrons. The number of hydrogen-bond acceptors (Lipinski definition) is 8. The molecule has 0 atom stereocenters. The van der Waals surface area contributed by atoms with E-state index >= 15 is 0 Å². The molecular weight excluding hydrogens is 848 g/mol. The summed E-state index contributed by atoms with van der Waals surface area (Å²) < 4.78 is 34.6. The van der Waals surface area contributed by atoms with Crippen LogP contribution in [-0.4, -0.2) is 49.3 Å². The molecule has 2 aliphatic rings. The van der Waals surface area contributed by atoms with Gasteiger partial charge in [-0.25, -0.2) is 0 Å². The Kier molecular flexibility index (Phi) is 10.9. The second kappa shape index (κ2) is 16.7. The van der Waals surface area contributed by atoms with Crippen LogP contribution in [0.3, 0.4) is 0 Å². The predicted octanol–water partition coefficient (Wildman–Crippen LogP) is 12.0. The van der Waals surface area contributed by atoms with Crippen molar-refractivity contribution in [1.82, 2.24) is 7.96 Å². The molecule has 2 fully saturated rings. The van der Waals surface area contributed by atoms with Gasteiger partial charge in [0.2, 0.25) is 0 Å². The third-order valence-electron chi connectivity index (χ3n) is 11.9. The van der Waals surface area contributed by atoms with E-state index in [0.717, 1.165) is 100 Å². The first-order chi connectivity index (χ1) is 30.4. The Morgan fingerprint density at radius 1 is 0.397 bits per heavy atom. The summed E-state index contributed by atoms with van der Waals surface area (Å²) in [6, 6.07) is 51.1. The second-order valence-electron chi connectivity index (χ2n) is 18.4. The SMILES string of the molecule is CC1(C)COC(c2ccc(-c3cc(-c4ccc(N)cc4)cc(-c4ccc(-c5cc(-c6ccc(N)cc6)cc(-c6ccc(C7OCC(C)(C)CO7)cc6)c5)c5n[se]nc45)c3)cc2)OC1. The number of rotatable bonds is 8. The average molecular weight is 898 g/mol. The van der Waals surface area contributed by atoms with Crippen molar-refractivity contribution < 1.29 is 18.9 Å². The fourth-order valence-corrected chi connectivity index (χ4v) is 9.56. The summed E-state index contributed by atoms with van der Waals surface area (Å²) in [6.07, 6.45) is -0.740. The maximum absolute atomic E-state index is 6.14. The quantitative estimate of drug-likeness (QED) is 0.114. The minimum absolute atomic E-state index is 0.00495. The molecule has 9 heteroatoms. The van der Waals surface area contributed by atoms with Crippen LogP contribution in [0.2, 0.25) is 0 Å². The molecule has 8 nitrogen and oxygen atoms in total. The summed E-state index contributed by atoms with van der Waals surface area (Å²) in [5.74, 6) is 0. The number of fused-ring (bicyclic) bond motifs is 1. The van der Waals surface area contributed by atoms with Crippen molar-refractivity contribution in [2.24, 2.45) is 10.8 Å². The zero-order valence-electron chi connectivity index (χ0n) is 35.9. The van der Waals surface area contributed by atoms with E-state index in [1.54, 1.807) is 0 Å². The van der Waals surface area contributed by atoms with Crippen molar-refractivity contribution in [3.63, 3.8) is 0 Å². The Labute approximate surface area is 375 Å². The minimum Gasteiger partial charge on any atom is 0.0574 e. The summed E-state index contributed by atoms with van der Waals surface area (Å²) in [7, 11) is 0. The summed E-state index contributed by atoms with van der Waals surface area (Å²) in [6.45, 7) is 11.3. The van der Waals surface area contributed by atoms with Crippen molar-refractivity contribution in [2.45, 2.75) is 40.3 Å². The fraction of sp³-hybridized carbons (Fsp3) is 0.222. The van der Waals surface area contributed by atoms with Gasteiger partial charge in [0.05, 0.1) is 26.4 Å². The molecule has 0 unspecified atom stereocenters. The summed E-state index contributed by atoms with van der Waals surface area (Å²) in [5.41, 5.74) is 30.5. The van der Waals surface area contributed by atoms with E-state index in [-0.39, 0.29) is 38.4 Å². The van der Waals surface area contributed by atoms with Crippen LogP contribution in [-0.2, 0) is 18.9 Å². The van der Waals surface area contributed by atoms with Crippen LogP contribution < -0.4 is 11.5 Å². The number of aromatic nitrogens is 2. The Hall–Kier alpha value is -5.90. The molecule has 2 saturated heterocycles. The summed E-state index contributed by atoms with van der Waals surface area (Å²) in [5, 5.41) is 0. The number of anilines is 2. The predicted molar refractivity (Wildman–Crippen MR) is 255 cm³/mol. The molecule has 7 aromatic carbocycles. The zero-order chi connectivity index (χ0) is 43.3. The molecule has 0 amide bonds. The molecule has 10 rings (SSSR count). The van der Waals surface area contributed by atoms with Crippen LogP contribution in [0, 0.1) is 10.8 Å². The number of nitrogens with two attached hydrogens (primary N) is 2. The van der Waals surface area contributed by atoms with E-state index in [1.807, 2.05) is 24.3 Å². The van der Waals surface area contributed by atoms with Crippen molar-refractivity contribution in [2.75, 3.05) is 37.9 Å². The Balaban J connectivity index is 1.04. The number of nitrogens with zero attached hydrogens (tertiary/aromatic N) is 2. The molecule has 0 radical (unpaired) electrons. The molecule has 8 aromatic rings. The third kappa shape index (κ3) is 8.74. The minimum atomic E-state index is -0.370. The van der Waals surface area contributed by atoms with E-state index in [2.05, 4.69) is 149 Å². The normalized spacial score (nSPS) is 16.6. The maximum atomic E-state index is 6.14. The summed E-state index contributed by atoms with van der Waals surface area (Å²) in [4.78, 5) is 0. The zero-order valence-corrected chi connectivity index (χ0v) is 37.6. The standard InChI is InChI=1S/C54H50N4O4Se/c1-53(2)29-59-51(60-30-53)37-9-5-33(6-10-37)39-23-41(35-13-17-45(55)18-14-35)27-43(25-39)47-21-22-48(50-49(47)57-63-58-50)44-26-40(24-42(28-44)36-15-19-46(56)20-16-36)34-7-11-38(12-8-34)52-61-31-54(3,4)32-62-52/h5-28,51-52H,29-32,55-56H2,1-4H3. The molecule has 63 heavy (non-hydrogen) atoms. The van der Waals surface area contributed by atoms with Gasteiger partial charge in [-0.3, -0.25) is 0 Å². The summed E-state index contributed by atoms with van der Waals surface area (Å²) >= 11 is -0.287. The van der Waals surface area contributed by atoms with Gasteiger partial charge >= 0.3 is 312 Å². The molecule has 1 aromatic heterocycles. The van der Waals surface area contributed by atoms with Crippen LogP contribution in [0.15, 0.2) is 146 Å². The Morgan fingerprint density at radius 3 is 1.00 bits per heavy atom. The first kappa shape index (κ1) is 41.1. The van der Waals surface area contributed by atoms with E-state index in [4.69, 9.17) is 38.4 Å². The van der Waals surface area contributed by atoms with Crippen molar-refractivity contribution >= 4 is 37.4 Å². The van der Waals surface area contributed by atoms with E-state index in [0.29, 0.717) is 26.4 Å². The van der Waals surface area contributed by atoms with Crippen molar-refractivity contribution in [1.29, 1.82) is 0 Å². The van der Waals surface area contributed by atoms with Crippen LogP contribution in [0.25, 0.3) is 77.8 Å². The van der Waals surface area contributed by atoms with Gasteiger partial charge in [-0.15, -0.1) is 0 Å². The fourth-order valence-electron chi connectivity index (χ4n) is 8.35. The van der Waals surface area contributed by atoms with E-state index in [9.17, 15) is 0 Å². The number of nitrogen functional groups attached to an aromatic ring is 2. The van der Waals surface area contributed by atoms with Crippen LogP contribution in [0.1, 0.15) is 51.4 Å². The van der Waals surface area contributed by atoms with Gasteiger partial charge in [-0.05, 0) is 0 Å². The molecule has 4 N–H and O–H groups in total. The van der Waals surface area contributed by atoms with Gasteiger partial charge in [-0.1, -0.05) is 27.7 Å². The first-order valence-electron chi connectivity index (χ1n) is 21.4. The van der Waals surface area contributed by atoms with Gasteiger partial charge in [0.15, 0.2) is 0 Å². The third-order valence-corrected chi connectivity index (χ3v) is 13.0. The number of hydrogen-bond donors (Lipinski definition) is 2.